The number of carbonyl (C=O) groups excluding carboxylic acids is 1. The summed E-state index contributed by atoms with van der Waals surface area (Å²) in [5, 5.41) is 5.21. The third-order valence-corrected chi connectivity index (χ3v) is 5.97. The number of halogens is 1. The second-order valence-electron chi connectivity index (χ2n) is 5.65. The summed E-state index contributed by atoms with van der Waals surface area (Å²) >= 11 is 3.22. The first kappa shape index (κ1) is 16.5. The summed E-state index contributed by atoms with van der Waals surface area (Å²) in [5.74, 6) is 0.332. The van der Waals surface area contributed by atoms with Crippen LogP contribution in [0.3, 0.4) is 0 Å². The maximum Gasteiger partial charge on any atom is 0.253 e. The van der Waals surface area contributed by atoms with Crippen LogP contribution in [0.4, 0.5) is 0 Å². The number of rotatable bonds is 2. The van der Waals surface area contributed by atoms with E-state index in [0.717, 1.165) is 12.8 Å². The Labute approximate surface area is 133 Å². The molecule has 1 saturated heterocycles. The highest BCUT2D eigenvalue weighted by molar-refractivity contribution is 9.10. The van der Waals surface area contributed by atoms with Gasteiger partial charge in [-0.3, -0.25) is 4.79 Å². The van der Waals surface area contributed by atoms with Gasteiger partial charge >= 0.3 is 0 Å². The molecule has 0 aromatic heterocycles. The Bertz CT molecular complexity index is 673. The van der Waals surface area contributed by atoms with Crippen molar-refractivity contribution in [1.29, 1.82) is 0 Å². The van der Waals surface area contributed by atoms with Crippen LogP contribution in [-0.4, -0.2) is 32.3 Å². The van der Waals surface area contributed by atoms with Crippen molar-refractivity contribution in [3.63, 3.8) is 0 Å². The molecule has 1 aliphatic rings. The normalized spacial score (nSPS) is 19.6. The molecule has 1 fully saturated rings. The lowest BCUT2D eigenvalue weighted by Crippen LogP contribution is -2.39. The molecule has 1 heterocycles. The zero-order chi connectivity index (χ0) is 15.8. The van der Waals surface area contributed by atoms with Crippen molar-refractivity contribution in [2.75, 3.05) is 13.1 Å². The summed E-state index contributed by atoms with van der Waals surface area (Å²) in [6, 6.07) is 3.05. The Hall–Kier alpha value is -0.920. The molecular weight excluding hydrogens is 356 g/mol. The van der Waals surface area contributed by atoms with E-state index in [4.69, 9.17) is 5.14 Å². The fourth-order valence-corrected chi connectivity index (χ4v) is 4.23. The minimum atomic E-state index is -3.87. The van der Waals surface area contributed by atoms with Crippen LogP contribution in [0.25, 0.3) is 0 Å². The molecule has 0 aliphatic carbocycles. The van der Waals surface area contributed by atoms with E-state index in [0.29, 0.717) is 34.6 Å². The number of carbonyl (C=O) groups is 1. The molecule has 2 N–H and O–H groups in total. The highest BCUT2D eigenvalue weighted by Crippen LogP contribution is 2.27. The lowest BCUT2D eigenvalue weighted by molar-refractivity contribution is 0.0682. The Morgan fingerprint density at radius 1 is 1.43 bits per heavy atom. The average Bonchev–Trinajstić information content (AvgIpc) is 2.39. The highest BCUT2D eigenvalue weighted by Gasteiger charge is 2.24. The quantitative estimate of drug-likeness (QED) is 0.861. The molecule has 0 saturated carbocycles. The minimum absolute atomic E-state index is 0.0455. The van der Waals surface area contributed by atoms with Gasteiger partial charge in [-0.25, -0.2) is 13.6 Å². The molecule has 7 heteroatoms. The molecule has 1 unspecified atom stereocenters. The number of piperidine rings is 1. The molecule has 1 aromatic carbocycles. The Kier molecular flexibility index (Phi) is 4.75. The molecule has 1 aliphatic heterocycles. The summed E-state index contributed by atoms with van der Waals surface area (Å²) < 4.78 is 23.7. The van der Waals surface area contributed by atoms with Crippen molar-refractivity contribution in [3.8, 4) is 0 Å². The largest absolute Gasteiger partial charge is 0.338 e. The molecule has 1 atom stereocenters. The smallest absolute Gasteiger partial charge is 0.253 e. The number of sulfonamides is 1. The van der Waals surface area contributed by atoms with Crippen LogP contribution in [-0.2, 0) is 10.0 Å². The molecule has 2 rings (SSSR count). The Morgan fingerprint density at radius 3 is 2.67 bits per heavy atom. The molecule has 1 amide bonds. The monoisotopic (exact) mass is 374 g/mol. The Balaban J connectivity index is 2.40. The number of hydrogen-bond acceptors (Lipinski definition) is 3. The zero-order valence-corrected chi connectivity index (χ0v) is 14.5. The van der Waals surface area contributed by atoms with Crippen LogP contribution < -0.4 is 5.14 Å². The minimum Gasteiger partial charge on any atom is -0.338 e. The van der Waals surface area contributed by atoms with Crippen LogP contribution in [0.2, 0.25) is 0 Å². The van der Waals surface area contributed by atoms with Gasteiger partial charge in [-0.15, -0.1) is 0 Å². The first-order valence-electron chi connectivity index (χ1n) is 6.82. The van der Waals surface area contributed by atoms with Crippen molar-refractivity contribution in [3.05, 3.63) is 27.7 Å². The first-order chi connectivity index (χ1) is 9.70. The number of hydrogen-bond donors (Lipinski definition) is 1. The van der Waals surface area contributed by atoms with E-state index in [2.05, 4.69) is 22.9 Å². The van der Waals surface area contributed by atoms with Crippen molar-refractivity contribution in [2.24, 2.45) is 11.1 Å². The number of amides is 1. The van der Waals surface area contributed by atoms with Crippen molar-refractivity contribution < 1.29 is 13.2 Å². The van der Waals surface area contributed by atoms with E-state index >= 15 is 0 Å². The van der Waals surface area contributed by atoms with E-state index < -0.39 is 10.0 Å². The average molecular weight is 375 g/mol. The van der Waals surface area contributed by atoms with Crippen LogP contribution >= 0.6 is 15.9 Å². The highest BCUT2D eigenvalue weighted by atomic mass is 79.9. The molecule has 21 heavy (non-hydrogen) atoms. The van der Waals surface area contributed by atoms with Gasteiger partial charge in [0, 0.05) is 23.1 Å². The Morgan fingerprint density at radius 2 is 2.10 bits per heavy atom. The van der Waals surface area contributed by atoms with Gasteiger partial charge in [0.1, 0.15) is 0 Å². The van der Waals surface area contributed by atoms with Crippen molar-refractivity contribution in [1.82, 2.24) is 4.90 Å². The predicted molar refractivity (Wildman–Crippen MR) is 84.6 cm³/mol. The van der Waals surface area contributed by atoms with Crippen molar-refractivity contribution in [2.45, 2.75) is 31.6 Å². The summed E-state index contributed by atoms with van der Waals surface area (Å²) in [5.41, 5.74) is 1.05. The lowest BCUT2D eigenvalue weighted by Gasteiger charge is -2.31. The molecule has 116 valence electrons. The van der Waals surface area contributed by atoms with E-state index in [-0.39, 0.29) is 10.8 Å². The third kappa shape index (κ3) is 3.64. The molecular formula is C14H19BrN2O3S. The van der Waals surface area contributed by atoms with E-state index in [1.807, 2.05) is 0 Å². The third-order valence-electron chi connectivity index (χ3n) is 3.72. The van der Waals surface area contributed by atoms with Crippen LogP contribution in [0.1, 0.15) is 35.7 Å². The van der Waals surface area contributed by atoms with E-state index in [9.17, 15) is 13.2 Å². The second kappa shape index (κ2) is 6.06. The summed E-state index contributed by atoms with van der Waals surface area (Å²) in [7, 11) is -3.87. The van der Waals surface area contributed by atoms with Gasteiger partial charge in [0.25, 0.3) is 5.91 Å². The molecule has 1 aromatic rings. The van der Waals surface area contributed by atoms with Crippen LogP contribution in [0.5, 0.6) is 0 Å². The second-order valence-corrected chi connectivity index (χ2v) is 7.97. The summed E-state index contributed by atoms with van der Waals surface area (Å²) in [6.45, 7) is 5.28. The maximum absolute atomic E-state index is 12.6. The number of benzene rings is 1. The SMILES string of the molecule is Cc1cc(C(=O)N2CCCC(C)C2)cc(S(N)(=O)=O)c1Br. The van der Waals surface area contributed by atoms with Crippen LogP contribution in [0, 0.1) is 12.8 Å². The number of nitrogens with zero attached hydrogens (tertiary/aromatic N) is 1. The molecule has 5 nitrogen and oxygen atoms in total. The number of primary sulfonamides is 1. The van der Waals surface area contributed by atoms with Gasteiger partial charge in [0.15, 0.2) is 0 Å². The predicted octanol–water partition coefficient (Wildman–Crippen LogP) is 2.28. The van der Waals surface area contributed by atoms with Crippen LogP contribution in [0.15, 0.2) is 21.5 Å². The number of likely N-dealkylation sites (tertiary alicyclic amines) is 1. The lowest BCUT2D eigenvalue weighted by atomic mass is 9.99. The van der Waals surface area contributed by atoms with Gasteiger partial charge in [-0.2, -0.15) is 0 Å². The van der Waals surface area contributed by atoms with Gasteiger partial charge < -0.3 is 4.90 Å². The number of nitrogens with two attached hydrogens (primary N) is 1. The summed E-state index contributed by atoms with van der Waals surface area (Å²) in [6.07, 6.45) is 2.09. The molecule has 0 spiro atoms. The van der Waals surface area contributed by atoms with Gasteiger partial charge in [0.05, 0.1) is 4.90 Å². The number of aryl methyl sites for hydroxylation is 1. The molecule has 0 bridgehead atoms. The topological polar surface area (TPSA) is 80.5 Å². The van der Waals surface area contributed by atoms with Gasteiger partial charge in [0.2, 0.25) is 10.0 Å². The van der Waals surface area contributed by atoms with E-state index in [1.165, 1.54) is 6.07 Å². The fourth-order valence-electron chi connectivity index (χ4n) is 2.62. The maximum atomic E-state index is 12.6. The fraction of sp³-hybridized carbons (Fsp3) is 0.500. The van der Waals surface area contributed by atoms with Gasteiger partial charge in [-0.1, -0.05) is 6.92 Å². The molecule has 0 radical (unpaired) electrons. The van der Waals surface area contributed by atoms with Gasteiger partial charge in [-0.05, 0) is 59.3 Å². The van der Waals surface area contributed by atoms with E-state index in [1.54, 1.807) is 17.9 Å². The van der Waals surface area contributed by atoms with Crippen molar-refractivity contribution >= 4 is 31.9 Å². The summed E-state index contributed by atoms with van der Waals surface area (Å²) in [4.78, 5) is 14.3. The zero-order valence-electron chi connectivity index (χ0n) is 12.1. The standard InChI is InChI=1S/C14H19BrN2O3S/c1-9-4-3-5-17(8-9)14(18)11-6-10(2)13(15)12(7-11)21(16,19)20/h6-7,9H,3-5,8H2,1-2H3,(H2,16,19,20). The first-order valence-corrected chi connectivity index (χ1v) is 9.16.